The third kappa shape index (κ3) is 3.84. The van der Waals surface area contributed by atoms with Crippen LogP contribution in [0.2, 0.25) is 5.02 Å². The van der Waals surface area contributed by atoms with Gasteiger partial charge in [0.15, 0.2) is 0 Å². The lowest BCUT2D eigenvalue weighted by molar-refractivity contribution is 1.11. The van der Waals surface area contributed by atoms with Crippen LogP contribution in [0.3, 0.4) is 0 Å². The van der Waals surface area contributed by atoms with Crippen LogP contribution in [-0.4, -0.2) is 9.97 Å². The topological polar surface area (TPSA) is 49.8 Å². The Labute approximate surface area is 146 Å². The van der Waals surface area contributed by atoms with Gasteiger partial charge in [-0.05, 0) is 50.6 Å². The molecular formula is C19H19ClN4. The molecule has 0 atom stereocenters. The summed E-state index contributed by atoms with van der Waals surface area (Å²) >= 11 is 6.18. The van der Waals surface area contributed by atoms with Crippen LogP contribution in [0.4, 0.5) is 23.1 Å². The molecule has 0 saturated heterocycles. The fourth-order valence-corrected chi connectivity index (χ4v) is 2.51. The largest absolute Gasteiger partial charge is 0.340 e. The summed E-state index contributed by atoms with van der Waals surface area (Å²) in [6, 6.07) is 15.8. The zero-order chi connectivity index (χ0) is 17.1. The number of nitrogens with one attached hydrogen (secondary N) is 2. The predicted molar refractivity (Wildman–Crippen MR) is 101 cm³/mol. The lowest BCUT2D eigenvalue weighted by Crippen LogP contribution is -2.03. The summed E-state index contributed by atoms with van der Waals surface area (Å²) in [5.74, 6) is 1.28. The summed E-state index contributed by atoms with van der Waals surface area (Å²) in [6.45, 7) is 5.98. The Kier molecular flexibility index (Phi) is 4.67. The summed E-state index contributed by atoms with van der Waals surface area (Å²) in [7, 11) is 0. The van der Waals surface area contributed by atoms with Gasteiger partial charge in [-0.2, -0.15) is 4.98 Å². The molecule has 3 aromatic rings. The minimum absolute atomic E-state index is 0.557. The minimum Gasteiger partial charge on any atom is -0.340 e. The first-order valence-electron chi connectivity index (χ1n) is 7.73. The summed E-state index contributed by atoms with van der Waals surface area (Å²) in [5, 5.41) is 7.28. The summed E-state index contributed by atoms with van der Waals surface area (Å²) in [4.78, 5) is 8.99. The molecule has 4 nitrogen and oxygen atoms in total. The zero-order valence-corrected chi connectivity index (χ0v) is 14.6. The number of aryl methyl sites for hydroxylation is 2. The second-order valence-electron chi connectivity index (χ2n) is 5.75. The molecule has 0 spiro atoms. The van der Waals surface area contributed by atoms with Crippen LogP contribution in [0.25, 0.3) is 0 Å². The van der Waals surface area contributed by atoms with Crippen molar-refractivity contribution in [3.05, 3.63) is 70.4 Å². The molecule has 0 fully saturated rings. The first kappa shape index (κ1) is 16.3. The first-order valence-corrected chi connectivity index (χ1v) is 8.10. The van der Waals surface area contributed by atoms with Crippen LogP contribution in [0.5, 0.6) is 0 Å². The van der Waals surface area contributed by atoms with Gasteiger partial charge in [0.2, 0.25) is 5.95 Å². The Morgan fingerprint density at radius 3 is 2.38 bits per heavy atom. The van der Waals surface area contributed by atoms with Gasteiger partial charge in [0.1, 0.15) is 5.82 Å². The number of hydrogen-bond donors (Lipinski definition) is 2. The van der Waals surface area contributed by atoms with E-state index in [9.17, 15) is 0 Å². The Bertz CT molecular complexity index is 860. The normalized spacial score (nSPS) is 10.5. The molecule has 0 aliphatic rings. The van der Waals surface area contributed by atoms with E-state index in [1.54, 1.807) is 0 Å². The molecule has 24 heavy (non-hydrogen) atoms. The van der Waals surface area contributed by atoms with Crippen molar-refractivity contribution in [2.75, 3.05) is 10.6 Å². The number of aromatic nitrogens is 2. The van der Waals surface area contributed by atoms with Gasteiger partial charge in [0, 0.05) is 28.2 Å². The quantitative estimate of drug-likeness (QED) is 0.655. The number of anilines is 4. The molecule has 0 radical (unpaired) electrons. The zero-order valence-electron chi connectivity index (χ0n) is 13.9. The number of hydrogen-bond acceptors (Lipinski definition) is 4. The van der Waals surface area contributed by atoms with Crippen molar-refractivity contribution in [2.45, 2.75) is 20.8 Å². The van der Waals surface area contributed by atoms with Crippen LogP contribution in [0, 0.1) is 20.8 Å². The maximum atomic E-state index is 6.18. The minimum atomic E-state index is 0.557. The Morgan fingerprint density at radius 1 is 0.875 bits per heavy atom. The van der Waals surface area contributed by atoms with Crippen LogP contribution in [-0.2, 0) is 0 Å². The molecule has 0 amide bonds. The maximum Gasteiger partial charge on any atom is 0.229 e. The number of nitrogens with zero attached hydrogens (tertiary/aromatic N) is 2. The van der Waals surface area contributed by atoms with Gasteiger partial charge >= 0.3 is 0 Å². The molecule has 1 heterocycles. The van der Waals surface area contributed by atoms with Crippen molar-refractivity contribution in [2.24, 2.45) is 0 Å². The summed E-state index contributed by atoms with van der Waals surface area (Å²) in [6.07, 6.45) is 0. The van der Waals surface area contributed by atoms with E-state index < -0.39 is 0 Å². The van der Waals surface area contributed by atoms with Gasteiger partial charge in [-0.1, -0.05) is 35.4 Å². The third-order valence-corrected chi connectivity index (χ3v) is 4.10. The second kappa shape index (κ2) is 6.89. The molecule has 2 aromatic carbocycles. The highest BCUT2D eigenvalue weighted by Gasteiger charge is 2.06. The van der Waals surface area contributed by atoms with E-state index in [1.807, 2.05) is 62.4 Å². The van der Waals surface area contributed by atoms with Gasteiger partial charge < -0.3 is 10.6 Å². The Hall–Kier alpha value is -2.59. The monoisotopic (exact) mass is 338 g/mol. The lowest BCUT2D eigenvalue weighted by atomic mass is 10.2. The number of halogens is 1. The van der Waals surface area contributed by atoms with Crippen molar-refractivity contribution >= 4 is 34.7 Å². The van der Waals surface area contributed by atoms with Crippen molar-refractivity contribution < 1.29 is 0 Å². The Morgan fingerprint density at radius 2 is 1.62 bits per heavy atom. The average Bonchev–Trinajstić information content (AvgIpc) is 2.54. The molecule has 122 valence electrons. The van der Waals surface area contributed by atoms with E-state index in [1.165, 1.54) is 5.56 Å². The van der Waals surface area contributed by atoms with E-state index in [-0.39, 0.29) is 0 Å². The van der Waals surface area contributed by atoms with E-state index in [0.717, 1.165) is 33.5 Å². The number of benzene rings is 2. The molecule has 0 aliphatic heterocycles. The van der Waals surface area contributed by atoms with Gasteiger partial charge in [0.25, 0.3) is 0 Å². The summed E-state index contributed by atoms with van der Waals surface area (Å²) in [5.41, 5.74) is 4.97. The van der Waals surface area contributed by atoms with E-state index in [0.29, 0.717) is 5.95 Å². The molecule has 1 aromatic heterocycles. The molecule has 0 aliphatic carbocycles. The van der Waals surface area contributed by atoms with Gasteiger partial charge in [-0.25, -0.2) is 4.98 Å². The van der Waals surface area contributed by atoms with Gasteiger partial charge in [-0.3, -0.25) is 0 Å². The van der Waals surface area contributed by atoms with E-state index in [2.05, 4.69) is 27.5 Å². The molecular weight excluding hydrogens is 320 g/mol. The first-order chi connectivity index (χ1) is 11.5. The predicted octanol–water partition coefficient (Wildman–Crippen LogP) is 5.54. The van der Waals surface area contributed by atoms with Gasteiger partial charge in [-0.15, -0.1) is 0 Å². The highest BCUT2D eigenvalue weighted by Crippen LogP contribution is 2.26. The fraction of sp³-hybridized carbons (Fsp3) is 0.158. The molecule has 0 unspecified atom stereocenters. The molecule has 0 bridgehead atoms. The molecule has 3 rings (SSSR count). The van der Waals surface area contributed by atoms with Crippen molar-refractivity contribution in [1.82, 2.24) is 9.97 Å². The van der Waals surface area contributed by atoms with E-state index in [4.69, 9.17) is 11.6 Å². The standard InChI is InChI=1S/C19H19ClN4/c1-12-7-9-15(10-8-12)22-19-21-13(2)11-18(24-19)23-17-6-4-5-16(20)14(17)3/h4-11H,1-3H3,(H2,21,22,23,24). The SMILES string of the molecule is Cc1ccc(Nc2nc(C)cc(Nc3cccc(Cl)c3C)n2)cc1. The van der Waals surface area contributed by atoms with Crippen LogP contribution >= 0.6 is 11.6 Å². The third-order valence-electron chi connectivity index (χ3n) is 3.69. The lowest BCUT2D eigenvalue weighted by Gasteiger charge is -2.12. The van der Waals surface area contributed by atoms with Crippen LogP contribution in [0.1, 0.15) is 16.8 Å². The molecule has 5 heteroatoms. The van der Waals surface area contributed by atoms with Gasteiger partial charge in [0.05, 0.1) is 0 Å². The van der Waals surface area contributed by atoms with Crippen LogP contribution < -0.4 is 10.6 Å². The van der Waals surface area contributed by atoms with Crippen molar-refractivity contribution in [3.63, 3.8) is 0 Å². The number of rotatable bonds is 4. The summed E-state index contributed by atoms with van der Waals surface area (Å²) < 4.78 is 0. The average molecular weight is 339 g/mol. The fourth-order valence-electron chi connectivity index (χ4n) is 2.34. The van der Waals surface area contributed by atoms with Crippen molar-refractivity contribution in [3.8, 4) is 0 Å². The maximum absolute atomic E-state index is 6.18. The molecule has 0 saturated carbocycles. The molecule has 2 N–H and O–H groups in total. The highest BCUT2D eigenvalue weighted by atomic mass is 35.5. The Balaban J connectivity index is 1.86. The smallest absolute Gasteiger partial charge is 0.229 e. The van der Waals surface area contributed by atoms with Crippen molar-refractivity contribution in [1.29, 1.82) is 0 Å². The second-order valence-corrected chi connectivity index (χ2v) is 6.15. The van der Waals surface area contributed by atoms with Crippen LogP contribution in [0.15, 0.2) is 48.5 Å². The highest BCUT2D eigenvalue weighted by molar-refractivity contribution is 6.31. The van der Waals surface area contributed by atoms with E-state index >= 15 is 0 Å².